The lowest BCUT2D eigenvalue weighted by molar-refractivity contribution is 0.102. The molecular weight excluding hydrogens is 262 g/mol. The van der Waals surface area contributed by atoms with Crippen molar-refractivity contribution in [1.82, 2.24) is 10.3 Å². The van der Waals surface area contributed by atoms with Gasteiger partial charge in [-0.1, -0.05) is 25.1 Å². The molecule has 2 heterocycles. The highest BCUT2D eigenvalue weighted by molar-refractivity contribution is 6.05. The average Bonchev–Trinajstić information content (AvgIpc) is 2.54. The van der Waals surface area contributed by atoms with Crippen LogP contribution in [0.3, 0.4) is 0 Å². The SMILES string of the molecule is CCc1ccccc1NC(=O)c1cncc2c1CCNC2. The van der Waals surface area contributed by atoms with Crippen LogP contribution in [0.15, 0.2) is 36.7 Å². The van der Waals surface area contributed by atoms with Gasteiger partial charge in [-0.05, 0) is 42.1 Å². The smallest absolute Gasteiger partial charge is 0.257 e. The minimum Gasteiger partial charge on any atom is -0.322 e. The lowest BCUT2D eigenvalue weighted by Gasteiger charge is -2.19. The van der Waals surface area contributed by atoms with Gasteiger partial charge in [0.2, 0.25) is 0 Å². The van der Waals surface area contributed by atoms with Gasteiger partial charge in [-0.15, -0.1) is 0 Å². The number of pyridine rings is 1. The molecule has 1 aromatic carbocycles. The summed E-state index contributed by atoms with van der Waals surface area (Å²) in [5.41, 5.74) is 4.97. The van der Waals surface area contributed by atoms with E-state index in [1.165, 1.54) is 0 Å². The average molecular weight is 281 g/mol. The second-order valence-corrected chi connectivity index (χ2v) is 5.22. The van der Waals surface area contributed by atoms with E-state index in [0.717, 1.165) is 48.3 Å². The molecule has 21 heavy (non-hydrogen) atoms. The number of para-hydroxylation sites is 1. The van der Waals surface area contributed by atoms with Crippen molar-refractivity contribution in [3.8, 4) is 0 Å². The molecule has 0 saturated carbocycles. The highest BCUT2D eigenvalue weighted by atomic mass is 16.1. The third kappa shape index (κ3) is 2.81. The Balaban J connectivity index is 1.89. The van der Waals surface area contributed by atoms with Crippen molar-refractivity contribution in [1.29, 1.82) is 0 Å². The maximum Gasteiger partial charge on any atom is 0.257 e. The molecule has 1 amide bonds. The van der Waals surface area contributed by atoms with E-state index in [-0.39, 0.29) is 5.91 Å². The number of benzene rings is 1. The third-order valence-electron chi connectivity index (χ3n) is 3.91. The third-order valence-corrected chi connectivity index (χ3v) is 3.91. The summed E-state index contributed by atoms with van der Waals surface area (Å²) >= 11 is 0. The molecule has 0 aliphatic carbocycles. The van der Waals surface area contributed by atoms with Crippen LogP contribution in [0.5, 0.6) is 0 Å². The largest absolute Gasteiger partial charge is 0.322 e. The van der Waals surface area contributed by atoms with Gasteiger partial charge in [0.1, 0.15) is 0 Å². The van der Waals surface area contributed by atoms with Crippen LogP contribution in [0.1, 0.15) is 34.0 Å². The number of anilines is 1. The fourth-order valence-electron chi connectivity index (χ4n) is 2.75. The number of carbonyl (C=O) groups excluding carboxylic acids is 1. The van der Waals surface area contributed by atoms with Crippen molar-refractivity contribution in [3.63, 3.8) is 0 Å². The van der Waals surface area contributed by atoms with Gasteiger partial charge in [0.15, 0.2) is 0 Å². The van der Waals surface area contributed by atoms with Crippen LogP contribution in [0.2, 0.25) is 0 Å². The van der Waals surface area contributed by atoms with Gasteiger partial charge in [-0.2, -0.15) is 0 Å². The summed E-state index contributed by atoms with van der Waals surface area (Å²) in [4.78, 5) is 16.8. The van der Waals surface area contributed by atoms with Crippen LogP contribution in [0.4, 0.5) is 5.69 Å². The van der Waals surface area contributed by atoms with Gasteiger partial charge >= 0.3 is 0 Å². The van der Waals surface area contributed by atoms with E-state index >= 15 is 0 Å². The number of nitrogens with zero attached hydrogens (tertiary/aromatic N) is 1. The van der Waals surface area contributed by atoms with Crippen molar-refractivity contribution in [3.05, 3.63) is 58.9 Å². The van der Waals surface area contributed by atoms with Crippen LogP contribution < -0.4 is 10.6 Å². The van der Waals surface area contributed by atoms with Crippen LogP contribution in [-0.2, 0) is 19.4 Å². The Bertz CT molecular complexity index is 667. The molecular formula is C17H19N3O. The van der Waals surface area contributed by atoms with E-state index in [1.807, 2.05) is 30.5 Å². The monoisotopic (exact) mass is 281 g/mol. The van der Waals surface area contributed by atoms with Gasteiger partial charge in [0, 0.05) is 24.6 Å². The second kappa shape index (κ2) is 6.06. The molecule has 0 saturated heterocycles. The number of nitrogens with one attached hydrogen (secondary N) is 2. The molecule has 1 aromatic heterocycles. The zero-order valence-electron chi connectivity index (χ0n) is 12.1. The van der Waals surface area contributed by atoms with Gasteiger partial charge < -0.3 is 10.6 Å². The predicted molar refractivity (Wildman–Crippen MR) is 83.4 cm³/mol. The summed E-state index contributed by atoms with van der Waals surface area (Å²) in [5.74, 6) is -0.0675. The molecule has 108 valence electrons. The summed E-state index contributed by atoms with van der Waals surface area (Å²) < 4.78 is 0. The number of hydrogen-bond donors (Lipinski definition) is 2. The van der Waals surface area contributed by atoms with Crippen molar-refractivity contribution in [2.45, 2.75) is 26.3 Å². The van der Waals surface area contributed by atoms with E-state index in [9.17, 15) is 4.79 Å². The molecule has 2 N–H and O–H groups in total. The number of carbonyl (C=O) groups is 1. The summed E-state index contributed by atoms with van der Waals surface area (Å²) in [5, 5.41) is 6.33. The first-order chi connectivity index (χ1) is 10.3. The molecule has 0 atom stereocenters. The molecule has 4 nitrogen and oxygen atoms in total. The Morgan fingerprint density at radius 2 is 2.19 bits per heavy atom. The van der Waals surface area contributed by atoms with Gasteiger partial charge in [-0.25, -0.2) is 0 Å². The number of amides is 1. The Hall–Kier alpha value is -2.20. The molecule has 1 aliphatic rings. The maximum absolute atomic E-state index is 12.6. The zero-order valence-corrected chi connectivity index (χ0v) is 12.1. The van der Waals surface area contributed by atoms with Crippen LogP contribution >= 0.6 is 0 Å². The maximum atomic E-state index is 12.6. The first-order valence-corrected chi connectivity index (χ1v) is 7.35. The fraction of sp³-hybridized carbons (Fsp3) is 0.294. The van der Waals surface area contributed by atoms with E-state index in [0.29, 0.717) is 5.56 Å². The first-order valence-electron chi connectivity index (χ1n) is 7.35. The number of aromatic nitrogens is 1. The quantitative estimate of drug-likeness (QED) is 0.909. The summed E-state index contributed by atoms with van der Waals surface area (Å²) in [6.45, 7) is 3.78. The van der Waals surface area contributed by atoms with Gasteiger partial charge in [-0.3, -0.25) is 9.78 Å². The first kappa shape index (κ1) is 13.8. The number of hydrogen-bond acceptors (Lipinski definition) is 3. The van der Waals surface area contributed by atoms with E-state index in [1.54, 1.807) is 6.20 Å². The Morgan fingerprint density at radius 3 is 3.05 bits per heavy atom. The van der Waals surface area contributed by atoms with Crippen molar-refractivity contribution >= 4 is 11.6 Å². The zero-order chi connectivity index (χ0) is 14.7. The molecule has 0 bridgehead atoms. The van der Waals surface area contributed by atoms with Crippen molar-refractivity contribution in [2.75, 3.05) is 11.9 Å². The van der Waals surface area contributed by atoms with E-state index in [4.69, 9.17) is 0 Å². The molecule has 0 unspecified atom stereocenters. The summed E-state index contributed by atoms with van der Waals surface area (Å²) in [7, 11) is 0. The van der Waals surface area contributed by atoms with Crippen LogP contribution in [0.25, 0.3) is 0 Å². The predicted octanol–water partition coefficient (Wildman–Crippen LogP) is 2.54. The number of fused-ring (bicyclic) bond motifs is 1. The van der Waals surface area contributed by atoms with Crippen LogP contribution in [-0.4, -0.2) is 17.4 Å². The number of aryl methyl sites for hydroxylation is 1. The molecule has 0 fully saturated rings. The standard InChI is InChI=1S/C17H19N3O/c1-2-12-5-3-4-6-16(12)20-17(21)15-11-19-10-13-9-18-8-7-14(13)15/h3-6,10-11,18H,2,7-9H2,1H3,(H,20,21). The molecule has 0 radical (unpaired) electrons. The Kier molecular flexibility index (Phi) is 3.97. The normalized spacial score (nSPS) is 13.6. The Morgan fingerprint density at radius 1 is 1.33 bits per heavy atom. The molecule has 0 spiro atoms. The van der Waals surface area contributed by atoms with Gasteiger partial charge in [0.25, 0.3) is 5.91 Å². The minimum atomic E-state index is -0.0675. The molecule has 3 rings (SSSR count). The highest BCUT2D eigenvalue weighted by Gasteiger charge is 2.18. The summed E-state index contributed by atoms with van der Waals surface area (Å²) in [6, 6.07) is 7.92. The highest BCUT2D eigenvalue weighted by Crippen LogP contribution is 2.20. The van der Waals surface area contributed by atoms with Gasteiger partial charge in [0.05, 0.1) is 5.56 Å². The topological polar surface area (TPSA) is 54.0 Å². The molecule has 1 aliphatic heterocycles. The van der Waals surface area contributed by atoms with Crippen molar-refractivity contribution < 1.29 is 4.79 Å². The lowest BCUT2D eigenvalue weighted by atomic mass is 9.97. The fourth-order valence-corrected chi connectivity index (χ4v) is 2.75. The second-order valence-electron chi connectivity index (χ2n) is 5.22. The molecule has 4 heteroatoms. The van der Waals surface area contributed by atoms with E-state index < -0.39 is 0 Å². The van der Waals surface area contributed by atoms with Crippen LogP contribution in [0, 0.1) is 0 Å². The molecule has 2 aromatic rings. The number of rotatable bonds is 3. The Labute approximate surface area is 124 Å². The van der Waals surface area contributed by atoms with Crippen molar-refractivity contribution in [2.24, 2.45) is 0 Å². The minimum absolute atomic E-state index is 0.0675. The summed E-state index contributed by atoms with van der Waals surface area (Å²) in [6.07, 6.45) is 5.29. The lowest BCUT2D eigenvalue weighted by Crippen LogP contribution is -2.27. The van der Waals surface area contributed by atoms with E-state index in [2.05, 4.69) is 22.5 Å².